The monoisotopic (exact) mass is 268 g/mol. The average molecular weight is 268 g/mol. The van der Waals surface area contributed by atoms with E-state index >= 15 is 0 Å². The minimum absolute atomic E-state index is 0.125. The van der Waals surface area contributed by atoms with Gasteiger partial charge in [0.05, 0.1) is 0 Å². The van der Waals surface area contributed by atoms with Crippen molar-refractivity contribution >= 4 is 17.8 Å². The van der Waals surface area contributed by atoms with E-state index in [0.717, 1.165) is 12.1 Å². The van der Waals surface area contributed by atoms with Crippen LogP contribution in [0.4, 0.5) is 0 Å². The predicted octanol–water partition coefficient (Wildman–Crippen LogP) is -1.78. The van der Waals surface area contributed by atoms with Gasteiger partial charge in [-0.3, -0.25) is 14.4 Å². The normalized spacial score (nSPS) is 11.6. The van der Waals surface area contributed by atoms with Gasteiger partial charge in [-0.2, -0.15) is 5.10 Å². The van der Waals surface area contributed by atoms with Crippen LogP contribution in [0.3, 0.4) is 0 Å². The van der Waals surface area contributed by atoms with Gasteiger partial charge in [-0.25, -0.2) is 9.89 Å². The van der Waals surface area contributed by atoms with Crippen LogP contribution >= 0.6 is 0 Å². The number of primary amides is 1. The standard InChI is InChI=1S/C10H12N4O5/c11-7(15)3-1-6(10(18)19)12-9(17)5-2-4-8(16)14-13-5/h2,4,6H,1,3H2,(H2,11,15)(H,12,17)(H,14,16)(H,18,19)/t6-/m1/s1. The second kappa shape index (κ2) is 6.28. The summed E-state index contributed by atoms with van der Waals surface area (Å²) in [6.07, 6.45) is -0.296. The van der Waals surface area contributed by atoms with E-state index in [-0.39, 0.29) is 18.5 Å². The first-order valence-electron chi connectivity index (χ1n) is 5.28. The van der Waals surface area contributed by atoms with E-state index < -0.39 is 29.4 Å². The number of aliphatic carboxylic acids is 1. The Kier molecular flexibility index (Phi) is 4.75. The SMILES string of the molecule is NC(=O)CC[C@@H](NC(=O)c1ccc(=O)[nH]n1)C(=O)O. The van der Waals surface area contributed by atoms with Gasteiger partial charge in [0.25, 0.3) is 11.5 Å². The van der Waals surface area contributed by atoms with E-state index in [4.69, 9.17) is 10.8 Å². The number of nitrogens with zero attached hydrogens (tertiary/aromatic N) is 1. The quantitative estimate of drug-likeness (QED) is 0.478. The number of rotatable bonds is 6. The number of nitrogens with two attached hydrogens (primary N) is 1. The molecule has 1 heterocycles. The van der Waals surface area contributed by atoms with Crippen molar-refractivity contribution in [2.45, 2.75) is 18.9 Å². The topological polar surface area (TPSA) is 155 Å². The lowest BCUT2D eigenvalue weighted by atomic mass is 10.1. The molecule has 5 N–H and O–H groups in total. The first kappa shape index (κ1) is 14.4. The Morgan fingerprint density at radius 2 is 2.11 bits per heavy atom. The number of hydrogen-bond acceptors (Lipinski definition) is 5. The lowest BCUT2D eigenvalue weighted by Crippen LogP contribution is -2.41. The zero-order valence-electron chi connectivity index (χ0n) is 9.75. The van der Waals surface area contributed by atoms with Gasteiger partial charge in [-0.1, -0.05) is 0 Å². The third-order valence-electron chi connectivity index (χ3n) is 2.19. The molecular weight excluding hydrogens is 256 g/mol. The van der Waals surface area contributed by atoms with E-state index in [1.54, 1.807) is 0 Å². The molecule has 0 aliphatic heterocycles. The van der Waals surface area contributed by atoms with Gasteiger partial charge in [0.1, 0.15) is 11.7 Å². The largest absolute Gasteiger partial charge is 0.480 e. The Labute approximate surface area is 106 Å². The Bertz CT molecular complexity index is 533. The molecule has 1 atom stereocenters. The van der Waals surface area contributed by atoms with Crippen LogP contribution < -0.4 is 16.6 Å². The summed E-state index contributed by atoms with van der Waals surface area (Å²) in [7, 11) is 0. The summed E-state index contributed by atoms with van der Waals surface area (Å²) in [4.78, 5) is 43.9. The van der Waals surface area contributed by atoms with E-state index in [1.807, 2.05) is 5.10 Å². The first-order chi connectivity index (χ1) is 8.90. The number of amides is 2. The third kappa shape index (κ3) is 4.58. The molecule has 0 saturated carbocycles. The molecule has 0 radical (unpaired) electrons. The molecule has 2 amide bonds. The highest BCUT2D eigenvalue weighted by Gasteiger charge is 2.21. The highest BCUT2D eigenvalue weighted by molar-refractivity contribution is 5.94. The molecule has 1 aromatic rings. The molecule has 19 heavy (non-hydrogen) atoms. The minimum atomic E-state index is -1.29. The van der Waals surface area contributed by atoms with E-state index in [0.29, 0.717) is 0 Å². The number of hydrogen-bond donors (Lipinski definition) is 4. The van der Waals surface area contributed by atoms with Crippen molar-refractivity contribution in [3.8, 4) is 0 Å². The van der Waals surface area contributed by atoms with E-state index in [9.17, 15) is 19.2 Å². The molecule has 1 rings (SSSR count). The zero-order valence-corrected chi connectivity index (χ0v) is 9.75. The molecule has 0 spiro atoms. The molecule has 0 bridgehead atoms. The predicted molar refractivity (Wildman–Crippen MR) is 62.2 cm³/mol. The Hall–Kier alpha value is -2.71. The Morgan fingerprint density at radius 3 is 2.58 bits per heavy atom. The highest BCUT2D eigenvalue weighted by atomic mass is 16.4. The molecule has 9 nitrogen and oxygen atoms in total. The van der Waals surface area contributed by atoms with Crippen molar-refractivity contribution in [2.24, 2.45) is 5.73 Å². The molecule has 0 fully saturated rings. The van der Waals surface area contributed by atoms with Gasteiger partial charge in [-0.05, 0) is 12.5 Å². The number of carbonyl (C=O) groups excluding carboxylic acids is 2. The molecule has 0 aliphatic rings. The van der Waals surface area contributed by atoms with Crippen LogP contribution in [-0.2, 0) is 9.59 Å². The number of aromatic nitrogens is 2. The lowest BCUT2D eigenvalue weighted by Gasteiger charge is -2.12. The van der Waals surface area contributed by atoms with Crippen molar-refractivity contribution in [3.63, 3.8) is 0 Å². The molecule has 1 aromatic heterocycles. The number of H-pyrrole nitrogens is 1. The van der Waals surface area contributed by atoms with Gasteiger partial charge in [-0.15, -0.1) is 0 Å². The maximum atomic E-state index is 11.6. The van der Waals surface area contributed by atoms with Crippen molar-refractivity contribution in [1.82, 2.24) is 15.5 Å². The Balaban J connectivity index is 2.70. The fraction of sp³-hybridized carbons (Fsp3) is 0.300. The van der Waals surface area contributed by atoms with Crippen molar-refractivity contribution in [2.75, 3.05) is 0 Å². The highest BCUT2D eigenvalue weighted by Crippen LogP contribution is 1.99. The van der Waals surface area contributed by atoms with Crippen LogP contribution in [0.25, 0.3) is 0 Å². The van der Waals surface area contributed by atoms with Gasteiger partial charge in [0.15, 0.2) is 0 Å². The van der Waals surface area contributed by atoms with Crippen LogP contribution in [0.5, 0.6) is 0 Å². The fourth-order valence-corrected chi connectivity index (χ4v) is 1.25. The van der Waals surface area contributed by atoms with Crippen LogP contribution in [0.1, 0.15) is 23.3 Å². The van der Waals surface area contributed by atoms with Gasteiger partial charge in [0.2, 0.25) is 5.91 Å². The maximum absolute atomic E-state index is 11.6. The van der Waals surface area contributed by atoms with Crippen molar-refractivity contribution in [1.29, 1.82) is 0 Å². The summed E-state index contributed by atoms with van der Waals surface area (Å²) in [5.74, 6) is -2.73. The number of aromatic amines is 1. The molecule has 0 saturated heterocycles. The molecule has 0 aliphatic carbocycles. The summed E-state index contributed by atoms with van der Waals surface area (Å²) in [5, 5.41) is 16.6. The van der Waals surface area contributed by atoms with E-state index in [2.05, 4.69) is 10.4 Å². The molecule has 102 valence electrons. The number of carboxylic acid groups (broad SMARTS) is 1. The third-order valence-corrected chi connectivity index (χ3v) is 2.19. The lowest BCUT2D eigenvalue weighted by molar-refractivity contribution is -0.139. The first-order valence-corrected chi connectivity index (χ1v) is 5.28. The maximum Gasteiger partial charge on any atom is 0.326 e. The van der Waals surface area contributed by atoms with Crippen LogP contribution in [0.15, 0.2) is 16.9 Å². The number of carbonyl (C=O) groups is 3. The van der Waals surface area contributed by atoms with Crippen LogP contribution in [-0.4, -0.2) is 39.1 Å². The van der Waals surface area contributed by atoms with Crippen LogP contribution in [0, 0.1) is 0 Å². The molecule has 0 aromatic carbocycles. The zero-order chi connectivity index (χ0) is 14.4. The number of nitrogens with one attached hydrogen (secondary N) is 2. The summed E-state index contributed by atoms with van der Waals surface area (Å²) in [5.41, 5.74) is 4.28. The number of carboxylic acids is 1. The second-order valence-corrected chi connectivity index (χ2v) is 3.68. The summed E-state index contributed by atoms with van der Waals surface area (Å²) in [6.45, 7) is 0. The smallest absolute Gasteiger partial charge is 0.326 e. The summed E-state index contributed by atoms with van der Waals surface area (Å²) < 4.78 is 0. The van der Waals surface area contributed by atoms with E-state index in [1.165, 1.54) is 0 Å². The average Bonchev–Trinajstić information content (AvgIpc) is 2.34. The summed E-state index contributed by atoms with van der Waals surface area (Å²) >= 11 is 0. The van der Waals surface area contributed by atoms with Gasteiger partial charge < -0.3 is 16.2 Å². The fourth-order valence-electron chi connectivity index (χ4n) is 1.25. The second-order valence-electron chi connectivity index (χ2n) is 3.68. The van der Waals surface area contributed by atoms with Gasteiger partial charge in [0, 0.05) is 12.5 Å². The minimum Gasteiger partial charge on any atom is -0.480 e. The van der Waals surface area contributed by atoms with Crippen LogP contribution in [0.2, 0.25) is 0 Å². The molecular formula is C10H12N4O5. The Morgan fingerprint density at radius 1 is 1.42 bits per heavy atom. The van der Waals surface area contributed by atoms with Gasteiger partial charge >= 0.3 is 5.97 Å². The van der Waals surface area contributed by atoms with Crippen molar-refractivity contribution < 1.29 is 19.5 Å². The molecule has 0 unspecified atom stereocenters. The summed E-state index contributed by atoms with van der Waals surface area (Å²) in [6, 6.07) is 0.983. The molecule has 9 heteroatoms. The van der Waals surface area contributed by atoms with Crippen molar-refractivity contribution in [3.05, 3.63) is 28.2 Å².